The van der Waals surface area contributed by atoms with E-state index in [2.05, 4.69) is 10.3 Å². The van der Waals surface area contributed by atoms with E-state index in [1.165, 1.54) is 0 Å². The van der Waals surface area contributed by atoms with Gasteiger partial charge in [0, 0.05) is 37.6 Å². The Bertz CT molecular complexity index is 399. The molecule has 5 heteroatoms. The van der Waals surface area contributed by atoms with Crippen LogP contribution in [0.2, 0.25) is 0 Å². The van der Waals surface area contributed by atoms with Gasteiger partial charge in [0.1, 0.15) is 5.82 Å². The van der Waals surface area contributed by atoms with Gasteiger partial charge in [-0.1, -0.05) is 0 Å². The highest BCUT2D eigenvalue weighted by molar-refractivity contribution is 5.33. The molecule has 3 rings (SSSR count). The second kappa shape index (κ2) is 4.58. The number of nitrogens with zero attached hydrogens (tertiary/aromatic N) is 2. The first-order chi connectivity index (χ1) is 8.38. The molecule has 0 aromatic carbocycles. The minimum absolute atomic E-state index is 0.337. The number of hydrogen-bond acceptors (Lipinski definition) is 5. The van der Waals surface area contributed by atoms with Crippen LogP contribution in [0.5, 0.6) is 5.88 Å². The highest BCUT2D eigenvalue weighted by atomic mass is 16.5. The summed E-state index contributed by atoms with van der Waals surface area (Å²) >= 11 is 0. The van der Waals surface area contributed by atoms with Crippen molar-refractivity contribution in [3.63, 3.8) is 0 Å². The van der Waals surface area contributed by atoms with Gasteiger partial charge in [-0.3, -0.25) is 0 Å². The molecule has 1 aromatic rings. The van der Waals surface area contributed by atoms with Crippen molar-refractivity contribution in [1.29, 1.82) is 0 Å². The van der Waals surface area contributed by atoms with Crippen molar-refractivity contribution in [2.75, 3.05) is 26.9 Å². The van der Waals surface area contributed by atoms with Crippen molar-refractivity contribution in [3.8, 4) is 5.88 Å². The quantitative estimate of drug-likeness (QED) is 0.815. The van der Waals surface area contributed by atoms with E-state index in [1.807, 2.05) is 0 Å². The number of ether oxygens (including phenoxy) is 2. The molecule has 0 aliphatic carbocycles. The number of rotatable bonds is 2. The lowest BCUT2D eigenvalue weighted by Crippen LogP contribution is -2.26. The smallest absolute Gasteiger partial charge is 0.221 e. The maximum atomic E-state index is 5.40. The van der Waals surface area contributed by atoms with Gasteiger partial charge < -0.3 is 14.8 Å². The van der Waals surface area contributed by atoms with Gasteiger partial charge in [0.25, 0.3) is 0 Å². The molecule has 92 valence electrons. The molecule has 1 fully saturated rings. The van der Waals surface area contributed by atoms with E-state index in [4.69, 9.17) is 14.5 Å². The zero-order valence-electron chi connectivity index (χ0n) is 10.0. The predicted octanol–water partition coefficient (Wildman–Crippen LogP) is 0.635. The fourth-order valence-electron chi connectivity index (χ4n) is 2.42. The van der Waals surface area contributed by atoms with Gasteiger partial charge in [-0.05, 0) is 6.42 Å². The second-order valence-electron chi connectivity index (χ2n) is 4.50. The molecule has 1 N–H and O–H groups in total. The largest absolute Gasteiger partial charge is 0.481 e. The molecule has 2 aliphatic rings. The molecule has 1 aromatic heterocycles. The van der Waals surface area contributed by atoms with Gasteiger partial charge in [0.15, 0.2) is 0 Å². The third kappa shape index (κ3) is 2.00. The number of aromatic nitrogens is 2. The molecule has 1 unspecified atom stereocenters. The van der Waals surface area contributed by atoms with Crippen LogP contribution in [-0.2, 0) is 17.7 Å². The van der Waals surface area contributed by atoms with Crippen molar-refractivity contribution < 1.29 is 9.47 Å². The maximum Gasteiger partial charge on any atom is 0.221 e. The number of methoxy groups -OCH3 is 1. The molecule has 0 saturated carbocycles. The summed E-state index contributed by atoms with van der Waals surface area (Å²) < 4.78 is 10.8. The number of nitrogens with one attached hydrogen (secondary N) is 1. The Morgan fingerprint density at radius 2 is 2.35 bits per heavy atom. The molecule has 1 atom stereocenters. The first-order valence-corrected chi connectivity index (χ1v) is 6.10. The third-order valence-electron chi connectivity index (χ3n) is 3.40. The minimum Gasteiger partial charge on any atom is -0.481 e. The summed E-state index contributed by atoms with van der Waals surface area (Å²) in [5, 5.41) is 3.32. The summed E-state index contributed by atoms with van der Waals surface area (Å²) in [4.78, 5) is 9.23. The van der Waals surface area contributed by atoms with Gasteiger partial charge in [0.05, 0.1) is 19.4 Å². The highest BCUT2D eigenvalue weighted by Gasteiger charge is 2.25. The lowest BCUT2D eigenvalue weighted by molar-refractivity contribution is 0.193. The molecule has 0 bridgehead atoms. The SMILES string of the molecule is COc1nc(C2CCOC2)nc2c1CNCC2. The molecule has 2 aliphatic heterocycles. The van der Waals surface area contributed by atoms with Crippen molar-refractivity contribution in [2.24, 2.45) is 0 Å². The highest BCUT2D eigenvalue weighted by Crippen LogP contribution is 2.28. The average Bonchev–Trinajstić information content (AvgIpc) is 2.91. The minimum atomic E-state index is 0.337. The zero-order valence-corrected chi connectivity index (χ0v) is 10.0. The molecule has 0 amide bonds. The van der Waals surface area contributed by atoms with Gasteiger partial charge in [-0.25, -0.2) is 4.98 Å². The van der Waals surface area contributed by atoms with Crippen molar-refractivity contribution in [1.82, 2.24) is 15.3 Å². The van der Waals surface area contributed by atoms with Gasteiger partial charge >= 0.3 is 0 Å². The molecule has 0 spiro atoms. The van der Waals surface area contributed by atoms with Crippen molar-refractivity contribution in [3.05, 3.63) is 17.1 Å². The maximum absolute atomic E-state index is 5.40. The molecular weight excluding hydrogens is 218 g/mol. The van der Waals surface area contributed by atoms with E-state index in [9.17, 15) is 0 Å². The summed E-state index contributed by atoms with van der Waals surface area (Å²) in [5.74, 6) is 1.95. The van der Waals surface area contributed by atoms with Crippen LogP contribution in [-0.4, -0.2) is 36.8 Å². The Morgan fingerprint density at radius 3 is 3.12 bits per heavy atom. The van der Waals surface area contributed by atoms with Crippen LogP contribution in [0.3, 0.4) is 0 Å². The van der Waals surface area contributed by atoms with Crippen molar-refractivity contribution >= 4 is 0 Å². The summed E-state index contributed by atoms with van der Waals surface area (Å²) in [6.07, 6.45) is 1.97. The Balaban J connectivity index is 1.99. The molecule has 1 saturated heterocycles. The molecule has 17 heavy (non-hydrogen) atoms. The van der Waals surface area contributed by atoms with Crippen LogP contribution in [0, 0.1) is 0 Å². The van der Waals surface area contributed by atoms with E-state index < -0.39 is 0 Å². The molecule has 5 nitrogen and oxygen atoms in total. The lowest BCUT2D eigenvalue weighted by atomic mass is 10.1. The Labute approximate surface area is 101 Å². The van der Waals surface area contributed by atoms with Gasteiger partial charge in [-0.2, -0.15) is 4.98 Å². The molecule has 0 radical (unpaired) electrons. The number of fused-ring (bicyclic) bond motifs is 1. The average molecular weight is 235 g/mol. The van der Waals surface area contributed by atoms with Gasteiger partial charge in [-0.15, -0.1) is 0 Å². The lowest BCUT2D eigenvalue weighted by Gasteiger charge is -2.20. The fraction of sp³-hybridized carbons (Fsp3) is 0.667. The first kappa shape index (κ1) is 10.9. The first-order valence-electron chi connectivity index (χ1n) is 6.10. The van der Waals surface area contributed by atoms with Crippen molar-refractivity contribution in [2.45, 2.75) is 25.3 Å². The number of hydrogen-bond donors (Lipinski definition) is 1. The Hall–Kier alpha value is -1.20. The Morgan fingerprint density at radius 1 is 1.41 bits per heavy atom. The standard InChI is InChI=1S/C12H17N3O2/c1-16-12-9-6-13-4-2-10(9)14-11(15-12)8-3-5-17-7-8/h8,13H,2-7H2,1H3. The predicted molar refractivity (Wildman–Crippen MR) is 62.2 cm³/mol. The van der Waals surface area contributed by atoms with Crippen LogP contribution in [0.4, 0.5) is 0 Å². The summed E-state index contributed by atoms with van der Waals surface area (Å²) in [6.45, 7) is 3.34. The van der Waals surface area contributed by atoms with Gasteiger partial charge in [0.2, 0.25) is 5.88 Å². The van der Waals surface area contributed by atoms with Crippen LogP contribution in [0.1, 0.15) is 29.4 Å². The summed E-state index contributed by atoms with van der Waals surface area (Å²) in [5.41, 5.74) is 2.25. The van der Waals surface area contributed by atoms with Crippen LogP contribution in [0.15, 0.2) is 0 Å². The van der Waals surface area contributed by atoms with Crippen LogP contribution in [0.25, 0.3) is 0 Å². The van der Waals surface area contributed by atoms with E-state index in [-0.39, 0.29) is 0 Å². The van der Waals surface area contributed by atoms with Crippen LogP contribution >= 0.6 is 0 Å². The third-order valence-corrected chi connectivity index (χ3v) is 3.40. The van der Waals surface area contributed by atoms with E-state index in [1.54, 1.807) is 7.11 Å². The van der Waals surface area contributed by atoms with E-state index >= 15 is 0 Å². The second-order valence-corrected chi connectivity index (χ2v) is 4.50. The van der Waals surface area contributed by atoms with E-state index in [0.29, 0.717) is 5.92 Å². The summed E-state index contributed by atoms with van der Waals surface area (Å²) in [7, 11) is 1.67. The zero-order chi connectivity index (χ0) is 11.7. The topological polar surface area (TPSA) is 56.3 Å². The molecular formula is C12H17N3O2. The fourth-order valence-corrected chi connectivity index (χ4v) is 2.42. The van der Waals surface area contributed by atoms with E-state index in [0.717, 1.165) is 62.1 Å². The normalized spacial score (nSPS) is 23.5. The molecule has 3 heterocycles. The Kier molecular flexibility index (Phi) is 2.94. The summed E-state index contributed by atoms with van der Waals surface area (Å²) in [6, 6.07) is 0. The van der Waals surface area contributed by atoms with Crippen LogP contribution < -0.4 is 10.1 Å². The monoisotopic (exact) mass is 235 g/mol.